The van der Waals surface area contributed by atoms with Crippen LogP contribution in [0.4, 0.5) is 0 Å². The molecule has 3 heterocycles. The van der Waals surface area contributed by atoms with Crippen molar-refractivity contribution in [3.63, 3.8) is 0 Å². The first-order chi connectivity index (χ1) is 14.5. The normalized spacial score (nSPS) is 11.3. The predicted octanol–water partition coefficient (Wildman–Crippen LogP) is 3.69. The minimum absolute atomic E-state index is 0.0327. The predicted molar refractivity (Wildman–Crippen MR) is 121 cm³/mol. The molecule has 7 nitrogen and oxygen atoms in total. The number of thioether (sulfide) groups is 1. The summed E-state index contributed by atoms with van der Waals surface area (Å²) in [5, 5.41) is 2.39. The lowest BCUT2D eigenvalue weighted by Crippen LogP contribution is -2.33. The number of carbonyl (C=O) groups is 1. The largest absolute Gasteiger partial charge is 0.335 e. The molecule has 9 heteroatoms. The number of para-hydroxylation sites is 1. The highest BCUT2D eigenvalue weighted by atomic mass is 32.2. The third kappa shape index (κ3) is 3.95. The van der Waals surface area contributed by atoms with Gasteiger partial charge in [-0.15, -0.1) is 11.3 Å². The zero-order valence-electron chi connectivity index (χ0n) is 16.9. The van der Waals surface area contributed by atoms with Crippen LogP contribution in [0.15, 0.2) is 40.4 Å². The van der Waals surface area contributed by atoms with Gasteiger partial charge in [-0.25, -0.2) is 15.0 Å². The molecule has 0 radical (unpaired) electrons. The Bertz CT molecular complexity index is 1300. The molecule has 1 N–H and O–H groups in total. The summed E-state index contributed by atoms with van der Waals surface area (Å²) in [4.78, 5) is 45.0. The number of H-pyrrole nitrogens is 1. The first-order valence-corrected chi connectivity index (χ1v) is 11.4. The number of aromatic nitrogens is 4. The number of hydrogen-bond acceptors (Lipinski definition) is 7. The van der Waals surface area contributed by atoms with Crippen molar-refractivity contribution in [2.24, 2.45) is 0 Å². The number of rotatable bonds is 6. The van der Waals surface area contributed by atoms with Crippen LogP contribution >= 0.6 is 23.1 Å². The molecule has 4 rings (SSSR count). The quantitative estimate of drug-likeness (QED) is 0.364. The molecule has 154 valence electrons. The lowest BCUT2D eigenvalue weighted by Gasteiger charge is -2.20. The van der Waals surface area contributed by atoms with Gasteiger partial charge in [0.15, 0.2) is 0 Å². The number of thiophene rings is 1. The van der Waals surface area contributed by atoms with Crippen LogP contribution in [0, 0.1) is 13.8 Å². The van der Waals surface area contributed by atoms with E-state index in [0.717, 1.165) is 20.8 Å². The maximum absolute atomic E-state index is 12.9. The maximum atomic E-state index is 12.9. The summed E-state index contributed by atoms with van der Waals surface area (Å²) >= 11 is 3.06. The Balaban J connectivity index is 1.51. The van der Waals surface area contributed by atoms with E-state index in [2.05, 4.69) is 33.8 Å². The molecule has 3 aromatic heterocycles. The molecule has 0 saturated carbocycles. The standard InChI is InChI=1S/C21H21N5O2S2/c1-4-26(9-16-24-15-8-6-5-7-14(15)19(28)25-16)17(27)10-29-20-18-12(2)13(3)30-21(18)23-11-22-20/h5-8,11H,4,9-10H2,1-3H3,(H,24,25,28). The summed E-state index contributed by atoms with van der Waals surface area (Å²) in [6.07, 6.45) is 1.55. The second kappa shape index (κ2) is 8.53. The summed E-state index contributed by atoms with van der Waals surface area (Å²) in [7, 11) is 0. The van der Waals surface area contributed by atoms with Crippen molar-refractivity contribution < 1.29 is 4.79 Å². The molecule has 30 heavy (non-hydrogen) atoms. The van der Waals surface area contributed by atoms with Crippen LogP contribution in [0.2, 0.25) is 0 Å². The van der Waals surface area contributed by atoms with Gasteiger partial charge >= 0.3 is 0 Å². The van der Waals surface area contributed by atoms with E-state index >= 15 is 0 Å². The first kappa shape index (κ1) is 20.5. The number of aromatic amines is 1. The van der Waals surface area contributed by atoms with Crippen LogP contribution in [-0.2, 0) is 11.3 Å². The molecule has 0 aliphatic heterocycles. The minimum atomic E-state index is -0.194. The van der Waals surface area contributed by atoms with Gasteiger partial charge in [0.05, 0.1) is 23.2 Å². The van der Waals surface area contributed by atoms with Crippen LogP contribution in [0.3, 0.4) is 0 Å². The van der Waals surface area contributed by atoms with Crippen LogP contribution in [0.25, 0.3) is 21.1 Å². The number of benzene rings is 1. The molecule has 0 atom stereocenters. The topological polar surface area (TPSA) is 91.8 Å². The summed E-state index contributed by atoms with van der Waals surface area (Å²) < 4.78 is 0. The fourth-order valence-corrected chi connectivity index (χ4v) is 5.27. The van der Waals surface area contributed by atoms with Crippen molar-refractivity contribution in [2.75, 3.05) is 12.3 Å². The van der Waals surface area contributed by atoms with Crippen LogP contribution in [0.5, 0.6) is 0 Å². The Morgan fingerprint density at radius 1 is 1.23 bits per heavy atom. The maximum Gasteiger partial charge on any atom is 0.258 e. The Labute approximate surface area is 181 Å². The van der Waals surface area contributed by atoms with Gasteiger partial charge in [-0.1, -0.05) is 23.9 Å². The Hall–Kier alpha value is -2.78. The van der Waals surface area contributed by atoms with E-state index in [1.54, 1.807) is 40.8 Å². The zero-order valence-corrected chi connectivity index (χ0v) is 18.6. The average Bonchev–Trinajstić information content (AvgIpc) is 3.04. The van der Waals surface area contributed by atoms with E-state index in [1.807, 2.05) is 13.0 Å². The van der Waals surface area contributed by atoms with Crippen molar-refractivity contribution in [1.29, 1.82) is 0 Å². The number of nitrogens with zero attached hydrogens (tertiary/aromatic N) is 4. The number of fused-ring (bicyclic) bond motifs is 2. The molecule has 1 aromatic carbocycles. The van der Waals surface area contributed by atoms with Crippen molar-refractivity contribution >= 4 is 50.1 Å². The van der Waals surface area contributed by atoms with E-state index in [9.17, 15) is 9.59 Å². The third-order valence-electron chi connectivity index (χ3n) is 5.00. The van der Waals surface area contributed by atoms with Crippen molar-refractivity contribution in [3.05, 3.63) is 57.2 Å². The Morgan fingerprint density at radius 2 is 2.03 bits per heavy atom. The van der Waals surface area contributed by atoms with E-state index in [1.165, 1.54) is 16.6 Å². The minimum Gasteiger partial charge on any atom is -0.335 e. The SMILES string of the molecule is CCN(Cc1nc2ccccc2c(=O)[nH]1)C(=O)CSc1ncnc2sc(C)c(C)c12. The highest BCUT2D eigenvalue weighted by molar-refractivity contribution is 8.00. The van der Waals surface area contributed by atoms with E-state index in [4.69, 9.17) is 0 Å². The Morgan fingerprint density at radius 3 is 2.83 bits per heavy atom. The highest BCUT2D eigenvalue weighted by Gasteiger charge is 2.17. The smallest absolute Gasteiger partial charge is 0.258 e. The van der Waals surface area contributed by atoms with E-state index in [-0.39, 0.29) is 23.8 Å². The molecule has 0 saturated heterocycles. The number of aryl methyl sites for hydroxylation is 2. The lowest BCUT2D eigenvalue weighted by atomic mass is 10.2. The molecular formula is C21H21N5O2S2. The second-order valence-electron chi connectivity index (χ2n) is 6.87. The first-order valence-electron chi connectivity index (χ1n) is 9.57. The van der Waals surface area contributed by atoms with E-state index in [0.29, 0.717) is 23.3 Å². The molecule has 0 fully saturated rings. The Kier molecular flexibility index (Phi) is 5.83. The van der Waals surface area contributed by atoms with Gasteiger partial charge in [0.25, 0.3) is 5.56 Å². The monoisotopic (exact) mass is 439 g/mol. The van der Waals surface area contributed by atoms with Crippen molar-refractivity contribution in [3.8, 4) is 0 Å². The van der Waals surface area contributed by atoms with Crippen LogP contribution in [-0.4, -0.2) is 43.0 Å². The van der Waals surface area contributed by atoms with Crippen molar-refractivity contribution in [2.45, 2.75) is 32.3 Å². The lowest BCUT2D eigenvalue weighted by molar-refractivity contribution is -0.128. The summed E-state index contributed by atoms with van der Waals surface area (Å²) in [5.74, 6) is 0.703. The van der Waals surface area contributed by atoms with E-state index < -0.39 is 0 Å². The molecular weight excluding hydrogens is 418 g/mol. The highest BCUT2D eigenvalue weighted by Crippen LogP contribution is 2.34. The molecule has 0 spiro atoms. The fourth-order valence-electron chi connectivity index (χ4n) is 3.25. The molecule has 1 amide bonds. The zero-order chi connectivity index (χ0) is 21.3. The van der Waals surface area contributed by atoms with Gasteiger partial charge in [-0.2, -0.15) is 0 Å². The number of carbonyl (C=O) groups excluding carboxylic acids is 1. The molecule has 0 aliphatic rings. The molecule has 4 aromatic rings. The molecule has 0 unspecified atom stereocenters. The fraction of sp³-hybridized carbons (Fsp3) is 0.286. The summed E-state index contributed by atoms with van der Waals surface area (Å²) in [5.41, 5.74) is 1.59. The van der Waals surface area contributed by atoms with Gasteiger partial charge in [0.2, 0.25) is 5.91 Å². The van der Waals surface area contributed by atoms with Crippen LogP contribution in [0.1, 0.15) is 23.2 Å². The van der Waals surface area contributed by atoms with Crippen LogP contribution < -0.4 is 5.56 Å². The molecule has 0 bridgehead atoms. The van der Waals surface area contributed by atoms with Gasteiger partial charge < -0.3 is 9.88 Å². The summed E-state index contributed by atoms with van der Waals surface area (Å²) in [6.45, 7) is 6.81. The van der Waals surface area contributed by atoms with Gasteiger partial charge in [-0.3, -0.25) is 9.59 Å². The average molecular weight is 440 g/mol. The van der Waals surface area contributed by atoms with Gasteiger partial charge in [-0.05, 0) is 38.5 Å². The van der Waals surface area contributed by atoms with Crippen molar-refractivity contribution in [1.82, 2.24) is 24.8 Å². The summed E-state index contributed by atoms with van der Waals surface area (Å²) in [6, 6.07) is 7.18. The third-order valence-corrected chi connectivity index (χ3v) is 7.09. The second-order valence-corrected chi connectivity index (χ2v) is 9.04. The van der Waals surface area contributed by atoms with Gasteiger partial charge in [0, 0.05) is 16.8 Å². The number of amides is 1. The molecule has 0 aliphatic carbocycles. The van der Waals surface area contributed by atoms with Gasteiger partial charge in [0.1, 0.15) is 22.0 Å². The number of hydrogen-bond donors (Lipinski definition) is 1. The number of nitrogens with one attached hydrogen (secondary N) is 1.